The van der Waals surface area contributed by atoms with Gasteiger partial charge in [-0.15, -0.1) is 11.3 Å². The maximum absolute atomic E-state index is 12.3. The number of rotatable bonds is 3. The standard InChI is InChI=1S/C17H18BrNO4S/c1-17(2,3)23-16(21)19-14-12(15(20)22-4)11(13(18)24-14)10-8-6-5-7-9-10/h5-9H,1-4H3,(H,19,21). The normalized spacial score (nSPS) is 11.0. The van der Waals surface area contributed by atoms with Gasteiger partial charge in [0, 0.05) is 5.56 Å². The van der Waals surface area contributed by atoms with E-state index in [2.05, 4.69) is 21.2 Å². The number of carbonyl (C=O) groups is 2. The van der Waals surface area contributed by atoms with E-state index in [1.54, 1.807) is 20.8 Å². The van der Waals surface area contributed by atoms with Gasteiger partial charge < -0.3 is 9.47 Å². The van der Waals surface area contributed by atoms with E-state index >= 15 is 0 Å². The van der Waals surface area contributed by atoms with Gasteiger partial charge in [-0.2, -0.15) is 0 Å². The molecule has 0 unspecified atom stereocenters. The topological polar surface area (TPSA) is 64.6 Å². The molecule has 1 aromatic heterocycles. The van der Waals surface area contributed by atoms with Crippen molar-refractivity contribution in [3.63, 3.8) is 0 Å². The Balaban J connectivity index is 2.46. The van der Waals surface area contributed by atoms with Crippen molar-refractivity contribution in [2.45, 2.75) is 26.4 Å². The van der Waals surface area contributed by atoms with Crippen LogP contribution in [-0.2, 0) is 9.47 Å². The van der Waals surface area contributed by atoms with Crippen LogP contribution in [0.15, 0.2) is 34.1 Å². The fraction of sp³-hybridized carbons (Fsp3) is 0.294. The fourth-order valence-corrected chi connectivity index (χ4v) is 3.88. The van der Waals surface area contributed by atoms with Gasteiger partial charge in [0.25, 0.3) is 0 Å². The Morgan fingerprint density at radius 2 is 1.79 bits per heavy atom. The maximum atomic E-state index is 12.3. The number of amides is 1. The minimum Gasteiger partial charge on any atom is -0.465 e. The summed E-state index contributed by atoms with van der Waals surface area (Å²) in [6, 6.07) is 9.41. The molecule has 2 aromatic rings. The molecule has 1 heterocycles. The minimum absolute atomic E-state index is 0.298. The van der Waals surface area contributed by atoms with E-state index in [4.69, 9.17) is 9.47 Å². The number of nitrogens with one attached hydrogen (secondary N) is 1. The van der Waals surface area contributed by atoms with Crippen LogP contribution in [0.1, 0.15) is 31.1 Å². The second-order valence-corrected chi connectivity index (χ2v) is 8.28. The highest BCUT2D eigenvalue weighted by Gasteiger charge is 2.27. The first-order valence-electron chi connectivity index (χ1n) is 7.19. The molecule has 0 fully saturated rings. The van der Waals surface area contributed by atoms with E-state index in [-0.39, 0.29) is 0 Å². The predicted molar refractivity (Wildman–Crippen MR) is 98.7 cm³/mol. The monoisotopic (exact) mass is 411 g/mol. The molecule has 0 saturated carbocycles. The van der Waals surface area contributed by atoms with Crippen LogP contribution < -0.4 is 5.32 Å². The van der Waals surface area contributed by atoms with E-state index in [0.29, 0.717) is 16.1 Å². The number of anilines is 1. The number of thiophene rings is 1. The zero-order valence-corrected chi connectivity index (χ0v) is 16.2. The molecular weight excluding hydrogens is 394 g/mol. The molecule has 0 spiro atoms. The lowest BCUT2D eigenvalue weighted by atomic mass is 10.0. The number of ether oxygens (including phenoxy) is 2. The van der Waals surface area contributed by atoms with Gasteiger partial charge >= 0.3 is 12.1 Å². The van der Waals surface area contributed by atoms with Gasteiger partial charge in [-0.25, -0.2) is 9.59 Å². The molecule has 128 valence electrons. The summed E-state index contributed by atoms with van der Waals surface area (Å²) in [4.78, 5) is 24.3. The van der Waals surface area contributed by atoms with Gasteiger partial charge in [0.1, 0.15) is 16.2 Å². The van der Waals surface area contributed by atoms with Crippen LogP contribution in [0.4, 0.5) is 9.80 Å². The van der Waals surface area contributed by atoms with Gasteiger partial charge in [0.05, 0.1) is 10.9 Å². The van der Waals surface area contributed by atoms with E-state index < -0.39 is 17.7 Å². The summed E-state index contributed by atoms with van der Waals surface area (Å²) in [5, 5.41) is 3.02. The van der Waals surface area contributed by atoms with Crippen LogP contribution >= 0.6 is 27.3 Å². The Morgan fingerprint density at radius 1 is 1.17 bits per heavy atom. The second kappa shape index (κ2) is 7.36. The molecule has 0 atom stereocenters. The Hall–Kier alpha value is -1.86. The SMILES string of the molecule is COC(=O)c1c(NC(=O)OC(C)(C)C)sc(Br)c1-c1ccccc1. The van der Waals surface area contributed by atoms with Gasteiger partial charge in [-0.1, -0.05) is 30.3 Å². The molecule has 2 rings (SSSR count). The lowest BCUT2D eigenvalue weighted by molar-refractivity contribution is 0.0603. The van der Waals surface area contributed by atoms with Crippen LogP contribution in [-0.4, -0.2) is 24.8 Å². The van der Waals surface area contributed by atoms with Crippen LogP contribution in [0.2, 0.25) is 0 Å². The van der Waals surface area contributed by atoms with Crippen molar-refractivity contribution in [2.75, 3.05) is 12.4 Å². The largest absolute Gasteiger partial charge is 0.465 e. The highest BCUT2D eigenvalue weighted by Crippen LogP contribution is 2.44. The quantitative estimate of drug-likeness (QED) is 0.694. The third-order valence-corrected chi connectivity index (χ3v) is 4.71. The van der Waals surface area contributed by atoms with E-state index in [1.165, 1.54) is 18.4 Å². The fourth-order valence-electron chi connectivity index (χ4n) is 2.05. The molecule has 0 aliphatic rings. The first-order chi connectivity index (χ1) is 11.2. The third kappa shape index (κ3) is 4.36. The van der Waals surface area contributed by atoms with E-state index in [9.17, 15) is 9.59 Å². The molecule has 24 heavy (non-hydrogen) atoms. The van der Waals surface area contributed by atoms with E-state index in [0.717, 1.165) is 9.35 Å². The lowest BCUT2D eigenvalue weighted by Crippen LogP contribution is -2.27. The highest BCUT2D eigenvalue weighted by atomic mass is 79.9. The molecule has 0 bridgehead atoms. The average molecular weight is 412 g/mol. The summed E-state index contributed by atoms with van der Waals surface area (Å²) < 4.78 is 10.9. The Bertz CT molecular complexity index is 750. The summed E-state index contributed by atoms with van der Waals surface area (Å²) in [5.74, 6) is -0.526. The summed E-state index contributed by atoms with van der Waals surface area (Å²) in [6.07, 6.45) is -0.624. The predicted octanol–water partition coefficient (Wildman–Crippen LogP) is 5.31. The van der Waals surface area contributed by atoms with Crippen molar-refractivity contribution in [3.8, 4) is 11.1 Å². The molecule has 0 aliphatic heterocycles. The van der Waals surface area contributed by atoms with Gasteiger partial charge in [-0.05, 0) is 42.3 Å². The number of halogens is 1. The van der Waals surface area contributed by atoms with Crippen LogP contribution in [0.5, 0.6) is 0 Å². The smallest absolute Gasteiger partial charge is 0.412 e. The van der Waals surface area contributed by atoms with Crippen LogP contribution in [0.25, 0.3) is 11.1 Å². The summed E-state index contributed by atoms with van der Waals surface area (Å²) in [6.45, 7) is 5.31. The Labute approximate surface area is 153 Å². The number of methoxy groups -OCH3 is 1. The molecule has 1 aromatic carbocycles. The van der Waals surface area contributed by atoms with Crippen molar-refractivity contribution >= 4 is 44.3 Å². The molecule has 1 amide bonds. The molecule has 5 nitrogen and oxygen atoms in total. The van der Waals surface area contributed by atoms with Crippen molar-refractivity contribution in [2.24, 2.45) is 0 Å². The first kappa shape index (κ1) is 18.5. The molecular formula is C17H18BrNO4S. The number of hydrogen-bond donors (Lipinski definition) is 1. The van der Waals surface area contributed by atoms with E-state index in [1.807, 2.05) is 30.3 Å². The van der Waals surface area contributed by atoms with Crippen molar-refractivity contribution in [1.29, 1.82) is 0 Å². The number of benzene rings is 1. The molecule has 0 aliphatic carbocycles. The average Bonchev–Trinajstić information content (AvgIpc) is 2.81. The molecule has 0 saturated heterocycles. The minimum atomic E-state index is -0.633. The highest BCUT2D eigenvalue weighted by molar-refractivity contribution is 9.11. The van der Waals surface area contributed by atoms with Crippen molar-refractivity contribution in [1.82, 2.24) is 0 Å². The zero-order valence-electron chi connectivity index (χ0n) is 13.8. The van der Waals surface area contributed by atoms with Crippen molar-refractivity contribution < 1.29 is 19.1 Å². The third-order valence-electron chi connectivity index (χ3n) is 2.93. The van der Waals surface area contributed by atoms with Gasteiger partial charge in [-0.3, -0.25) is 5.32 Å². The molecule has 1 N–H and O–H groups in total. The lowest BCUT2D eigenvalue weighted by Gasteiger charge is -2.19. The Morgan fingerprint density at radius 3 is 2.33 bits per heavy atom. The van der Waals surface area contributed by atoms with Crippen LogP contribution in [0, 0.1) is 0 Å². The second-order valence-electron chi connectivity index (χ2n) is 5.94. The zero-order chi connectivity index (χ0) is 17.9. The molecule has 7 heteroatoms. The summed E-state index contributed by atoms with van der Waals surface area (Å²) in [7, 11) is 1.31. The van der Waals surface area contributed by atoms with Crippen molar-refractivity contribution in [3.05, 3.63) is 39.7 Å². The Kier molecular flexibility index (Phi) is 5.66. The summed E-state index contributed by atoms with van der Waals surface area (Å²) >= 11 is 4.71. The van der Waals surface area contributed by atoms with Gasteiger partial charge in [0.2, 0.25) is 0 Å². The first-order valence-corrected chi connectivity index (χ1v) is 8.80. The maximum Gasteiger partial charge on any atom is 0.412 e. The van der Waals surface area contributed by atoms with Gasteiger partial charge in [0.15, 0.2) is 0 Å². The number of esters is 1. The summed E-state index contributed by atoms with van der Waals surface area (Å²) in [5.41, 5.74) is 1.19. The number of hydrogen-bond acceptors (Lipinski definition) is 5. The number of carbonyl (C=O) groups excluding carboxylic acids is 2. The molecule has 0 radical (unpaired) electrons. The van der Waals surface area contributed by atoms with Crippen LogP contribution in [0.3, 0.4) is 0 Å².